The molecule has 2 N–H and O–H groups in total. The Morgan fingerprint density at radius 3 is 2.68 bits per heavy atom. The van der Waals surface area contributed by atoms with Crippen LogP contribution < -0.4 is 5.73 Å². The van der Waals surface area contributed by atoms with Crippen molar-refractivity contribution >= 4 is 5.91 Å². The Kier molecular flexibility index (Phi) is 4.99. The standard InChI is InChI=1S/C15H26N2O2/c1-19-11-13-5-9-17(10-6-13)14(18)15(12-16)7-3-2-4-8-15/h5H,2-4,6-12,16H2,1H3. The topological polar surface area (TPSA) is 55.6 Å². The van der Waals surface area contributed by atoms with Crippen LogP contribution in [0.25, 0.3) is 0 Å². The third kappa shape index (κ3) is 3.18. The number of rotatable bonds is 4. The van der Waals surface area contributed by atoms with Gasteiger partial charge < -0.3 is 15.4 Å². The molecule has 19 heavy (non-hydrogen) atoms. The molecule has 4 nitrogen and oxygen atoms in total. The number of hydrogen-bond acceptors (Lipinski definition) is 3. The Labute approximate surface area is 116 Å². The molecule has 1 heterocycles. The minimum Gasteiger partial charge on any atom is -0.380 e. The van der Waals surface area contributed by atoms with Gasteiger partial charge in [0.05, 0.1) is 12.0 Å². The van der Waals surface area contributed by atoms with E-state index in [1.807, 2.05) is 4.90 Å². The fourth-order valence-electron chi connectivity index (χ4n) is 3.28. The van der Waals surface area contributed by atoms with Crippen LogP contribution in [0.4, 0.5) is 0 Å². The average molecular weight is 266 g/mol. The van der Waals surface area contributed by atoms with Crippen LogP contribution in [-0.2, 0) is 9.53 Å². The Balaban J connectivity index is 2.00. The zero-order valence-corrected chi connectivity index (χ0v) is 12.0. The smallest absolute Gasteiger partial charge is 0.230 e. The van der Waals surface area contributed by atoms with Crippen molar-refractivity contribution in [3.8, 4) is 0 Å². The Morgan fingerprint density at radius 1 is 1.42 bits per heavy atom. The van der Waals surface area contributed by atoms with E-state index in [9.17, 15) is 4.79 Å². The van der Waals surface area contributed by atoms with Crippen LogP contribution in [0.2, 0.25) is 0 Å². The summed E-state index contributed by atoms with van der Waals surface area (Å²) in [5, 5.41) is 0. The molecular formula is C15H26N2O2. The van der Waals surface area contributed by atoms with Crippen molar-refractivity contribution in [3.05, 3.63) is 11.6 Å². The zero-order chi connectivity index (χ0) is 13.7. The number of nitrogens with zero attached hydrogens (tertiary/aromatic N) is 1. The van der Waals surface area contributed by atoms with Crippen LogP contribution in [-0.4, -0.2) is 44.2 Å². The molecule has 2 rings (SSSR count). The number of ether oxygens (including phenoxy) is 1. The maximum absolute atomic E-state index is 12.8. The summed E-state index contributed by atoms with van der Waals surface area (Å²) in [5.41, 5.74) is 6.97. The summed E-state index contributed by atoms with van der Waals surface area (Å²) in [4.78, 5) is 14.7. The largest absolute Gasteiger partial charge is 0.380 e. The number of methoxy groups -OCH3 is 1. The molecule has 1 aliphatic heterocycles. The summed E-state index contributed by atoms with van der Waals surface area (Å²) in [5.74, 6) is 0.280. The van der Waals surface area contributed by atoms with Crippen molar-refractivity contribution in [2.75, 3.05) is 33.4 Å². The molecule has 0 aromatic carbocycles. The Morgan fingerprint density at radius 2 is 2.16 bits per heavy atom. The highest BCUT2D eigenvalue weighted by Gasteiger charge is 2.40. The van der Waals surface area contributed by atoms with Crippen molar-refractivity contribution in [2.45, 2.75) is 38.5 Å². The van der Waals surface area contributed by atoms with E-state index in [-0.39, 0.29) is 11.3 Å². The molecule has 1 aliphatic carbocycles. The summed E-state index contributed by atoms with van der Waals surface area (Å²) in [6, 6.07) is 0. The molecule has 2 aliphatic rings. The van der Waals surface area contributed by atoms with E-state index in [0.29, 0.717) is 13.2 Å². The highest BCUT2D eigenvalue weighted by atomic mass is 16.5. The molecule has 0 atom stereocenters. The van der Waals surface area contributed by atoms with E-state index >= 15 is 0 Å². The third-order valence-electron chi connectivity index (χ3n) is 4.58. The van der Waals surface area contributed by atoms with Gasteiger partial charge in [0.25, 0.3) is 0 Å². The van der Waals surface area contributed by atoms with Gasteiger partial charge in [-0.25, -0.2) is 0 Å². The van der Waals surface area contributed by atoms with Gasteiger partial charge in [0.2, 0.25) is 5.91 Å². The molecule has 0 aromatic heterocycles. The number of nitrogens with two attached hydrogens (primary N) is 1. The molecule has 0 bridgehead atoms. The third-order valence-corrected chi connectivity index (χ3v) is 4.58. The van der Waals surface area contributed by atoms with Crippen LogP contribution >= 0.6 is 0 Å². The number of carbonyl (C=O) groups excluding carboxylic acids is 1. The van der Waals surface area contributed by atoms with Gasteiger partial charge in [0.15, 0.2) is 0 Å². The fraction of sp³-hybridized carbons (Fsp3) is 0.800. The first-order chi connectivity index (χ1) is 9.22. The molecule has 1 saturated carbocycles. The molecule has 4 heteroatoms. The lowest BCUT2D eigenvalue weighted by atomic mass is 9.73. The molecule has 1 fully saturated rings. The van der Waals surface area contributed by atoms with Gasteiger partial charge in [0.1, 0.15) is 0 Å². The molecule has 108 valence electrons. The molecular weight excluding hydrogens is 240 g/mol. The monoisotopic (exact) mass is 266 g/mol. The average Bonchev–Trinajstić information content (AvgIpc) is 2.48. The molecule has 0 saturated heterocycles. The van der Waals surface area contributed by atoms with Crippen molar-refractivity contribution in [1.29, 1.82) is 0 Å². The number of hydrogen-bond donors (Lipinski definition) is 1. The van der Waals surface area contributed by atoms with Gasteiger partial charge in [-0.1, -0.05) is 25.3 Å². The summed E-state index contributed by atoms with van der Waals surface area (Å²) in [6.07, 6.45) is 8.52. The van der Waals surface area contributed by atoms with Gasteiger partial charge in [-0.05, 0) is 24.8 Å². The van der Waals surface area contributed by atoms with E-state index in [2.05, 4.69) is 6.08 Å². The predicted octanol–water partition coefficient (Wildman–Crippen LogP) is 1.70. The lowest BCUT2D eigenvalue weighted by molar-refractivity contribution is -0.143. The van der Waals surface area contributed by atoms with Crippen LogP contribution in [0.1, 0.15) is 38.5 Å². The number of carbonyl (C=O) groups is 1. The normalized spacial score (nSPS) is 23.1. The second-order valence-electron chi connectivity index (χ2n) is 5.84. The van der Waals surface area contributed by atoms with Crippen LogP contribution in [0.15, 0.2) is 11.6 Å². The molecule has 0 spiro atoms. The predicted molar refractivity (Wildman–Crippen MR) is 75.7 cm³/mol. The van der Waals surface area contributed by atoms with E-state index in [0.717, 1.165) is 45.2 Å². The van der Waals surface area contributed by atoms with E-state index in [4.69, 9.17) is 10.5 Å². The molecule has 1 amide bonds. The summed E-state index contributed by atoms with van der Waals surface area (Å²) in [7, 11) is 1.71. The first kappa shape index (κ1) is 14.5. The molecule has 0 unspecified atom stereocenters. The van der Waals surface area contributed by atoms with Gasteiger partial charge in [-0.2, -0.15) is 0 Å². The lowest BCUT2D eigenvalue weighted by Crippen LogP contribution is -2.50. The van der Waals surface area contributed by atoms with Crippen molar-refractivity contribution in [2.24, 2.45) is 11.1 Å². The Hall–Kier alpha value is -0.870. The van der Waals surface area contributed by atoms with Gasteiger partial charge in [-0.3, -0.25) is 4.79 Å². The van der Waals surface area contributed by atoms with Gasteiger partial charge >= 0.3 is 0 Å². The molecule has 0 aromatic rings. The minimum atomic E-state index is -0.273. The van der Waals surface area contributed by atoms with E-state index < -0.39 is 0 Å². The highest BCUT2D eigenvalue weighted by molar-refractivity contribution is 5.83. The maximum Gasteiger partial charge on any atom is 0.230 e. The fourth-order valence-corrected chi connectivity index (χ4v) is 3.28. The Bertz CT molecular complexity index is 346. The first-order valence-corrected chi connectivity index (χ1v) is 7.38. The minimum absolute atomic E-state index is 0.273. The van der Waals surface area contributed by atoms with Gasteiger partial charge in [-0.15, -0.1) is 0 Å². The highest BCUT2D eigenvalue weighted by Crippen LogP contribution is 2.37. The quantitative estimate of drug-likeness (QED) is 0.788. The summed E-state index contributed by atoms with van der Waals surface area (Å²) < 4.78 is 5.14. The molecule has 0 radical (unpaired) electrons. The zero-order valence-electron chi connectivity index (χ0n) is 12.0. The summed E-state index contributed by atoms with van der Waals surface area (Å²) >= 11 is 0. The van der Waals surface area contributed by atoms with Crippen molar-refractivity contribution < 1.29 is 9.53 Å². The summed E-state index contributed by atoms with van der Waals surface area (Å²) in [6.45, 7) is 2.72. The van der Waals surface area contributed by atoms with Crippen molar-refractivity contribution in [1.82, 2.24) is 4.90 Å². The second kappa shape index (κ2) is 6.53. The van der Waals surface area contributed by atoms with Crippen molar-refractivity contribution in [3.63, 3.8) is 0 Å². The van der Waals surface area contributed by atoms with E-state index in [1.165, 1.54) is 12.0 Å². The van der Waals surface area contributed by atoms with Crippen LogP contribution in [0, 0.1) is 5.41 Å². The van der Waals surface area contributed by atoms with Gasteiger partial charge in [0, 0.05) is 26.7 Å². The second-order valence-corrected chi connectivity index (χ2v) is 5.84. The van der Waals surface area contributed by atoms with Crippen LogP contribution in [0.5, 0.6) is 0 Å². The van der Waals surface area contributed by atoms with Crippen LogP contribution in [0.3, 0.4) is 0 Å². The SMILES string of the molecule is COCC1=CCN(C(=O)C2(CN)CCCCC2)CC1. The maximum atomic E-state index is 12.8. The van der Waals surface area contributed by atoms with E-state index in [1.54, 1.807) is 7.11 Å². The number of amides is 1. The first-order valence-electron chi connectivity index (χ1n) is 7.38. The lowest BCUT2D eigenvalue weighted by Gasteiger charge is -2.40.